The van der Waals surface area contributed by atoms with E-state index < -0.39 is 21.5 Å². The monoisotopic (exact) mass is 478 g/mol. The Hall–Kier alpha value is -1.15. The molecule has 0 saturated heterocycles. The van der Waals surface area contributed by atoms with Gasteiger partial charge < -0.3 is 9.47 Å². The Labute approximate surface area is 195 Å². The second-order valence-electron chi connectivity index (χ2n) is 8.62. The summed E-state index contributed by atoms with van der Waals surface area (Å²) in [7, 11) is -2.95. The Balaban J connectivity index is 4.44. The maximum absolute atomic E-state index is 12.3. The molecule has 0 saturated carbocycles. The maximum atomic E-state index is 12.3. The Bertz CT molecular complexity index is 589. The first kappa shape index (κ1) is 30.9. The first-order valence-electron chi connectivity index (χ1n) is 12.5. The van der Waals surface area contributed by atoms with Crippen molar-refractivity contribution in [1.82, 2.24) is 0 Å². The lowest BCUT2D eigenvalue weighted by Crippen LogP contribution is -2.37. The molecule has 2 atom stereocenters. The van der Waals surface area contributed by atoms with Gasteiger partial charge in [0.05, 0.1) is 7.11 Å². The molecule has 0 amide bonds. The van der Waals surface area contributed by atoms with E-state index in [1.165, 1.54) is 32.8 Å². The fraction of sp³-hybridized carbons (Fsp3) is 0.917. The number of carbonyl (C=O) groups is 2. The van der Waals surface area contributed by atoms with E-state index in [9.17, 15) is 22.6 Å². The lowest BCUT2D eigenvalue weighted by Gasteiger charge is -2.25. The van der Waals surface area contributed by atoms with Crippen molar-refractivity contribution in [1.29, 1.82) is 0 Å². The Morgan fingerprint density at radius 2 is 1.22 bits per heavy atom. The largest absolute Gasteiger partial charge is 0.469 e. The maximum Gasteiger partial charge on any atom is 0.306 e. The summed E-state index contributed by atoms with van der Waals surface area (Å²) in [5.41, 5.74) is 0. The van der Waals surface area contributed by atoms with Gasteiger partial charge in [0.25, 0.3) is 10.1 Å². The van der Waals surface area contributed by atoms with E-state index in [2.05, 4.69) is 11.7 Å². The second kappa shape index (κ2) is 19.3. The van der Waals surface area contributed by atoms with Gasteiger partial charge in [-0.25, -0.2) is 0 Å². The third-order valence-electron chi connectivity index (χ3n) is 5.73. The predicted molar refractivity (Wildman–Crippen MR) is 127 cm³/mol. The van der Waals surface area contributed by atoms with Crippen molar-refractivity contribution in [2.24, 2.45) is 0 Å². The quantitative estimate of drug-likeness (QED) is 0.122. The Morgan fingerprint density at radius 3 is 1.72 bits per heavy atom. The number of hydrogen-bond donors (Lipinski definition) is 1. The van der Waals surface area contributed by atoms with E-state index in [1.807, 2.05) is 6.92 Å². The van der Waals surface area contributed by atoms with Gasteiger partial charge in [0.1, 0.15) is 11.4 Å². The van der Waals surface area contributed by atoms with Crippen LogP contribution < -0.4 is 0 Å². The van der Waals surface area contributed by atoms with Gasteiger partial charge in [0, 0.05) is 12.8 Å². The van der Waals surface area contributed by atoms with Crippen molar-refractivity contribution in [2.75, 3.05) is 7.11 Å². The summed E-state index contributed by atoms with van der Waals surface area (Å²) in [5.74, 6) is -0.606. The molecule has 32 heavy (non-hydrogen) atoms. The van der Waals surface area contributed by atoms with Gasteiger partial charge in [0.2, 0.25) is 0 Å². The average molecular weight is 479 g/mol. The van der Waals surface area contributed by atoms with Crippen LogP contribution >= 0.6 is 0 Å². The summed E-state index contributed by atoms with van der Waals surface area (Å²) < 4.78 is 43.9. The highest BCUT2D eigenvalue weighted by Gasteiger charge is 2.34. The van der Waals surface area contributed by atoms with Crippen LogP contribution in [0.1, 0.15) is 123 Å². The smallest absolute Gasteiger partial charge is 0.306 e. The molecule has 0 aromatic rings. The van der Waals surface area contributed by atoms with Gasteiger partial charge in [0.15, 0.2) is 0 Å². The highest BCUT2D eigenvalue weighted by Crippen LogP contribution is 2.22. The molecule has 0 aliphatic carbocycles. The van der Waals surface area contributed by atoms with Crippen LogP contribution in [0.3, 0.4) is 0 Å². The van der Waals surface area contributed by atoms with Crippen molar-refractivity contribution < 1.29 is 32.0 Å². The van der Waals surface area contributed by atoms with Crippen LogP contribution in [0.4, 0.5) is 0 Å². The van der Waals surface area contributed by atoms with Gasteiger partial charge >= 0.3 is 11.9 Å². The minimum Gasteiger partial charge on any atom is -0.469 e. The SMILES string of the molecule is CCCCCCCCCC(=O)OC(CCC)C(CCCCCCCC(=O)OC)S(=O)(=O)O. The number of hydrogen-bond acceptors (Lipinski definition) is 6. The van der Waals surface area contributed by atoms with E-state index in [0.717, 1.165) is 44.9 Å². The molecule has 0 aliphatic heterocycles. The first-order chi connectivity index (χ1) is 15.3. The average Bonchev–Trinajstić information content (AvgIpc) is 2.73. The molecule has 0 aliphatic rings. The lowest BCUT2D eigenvalue weighted by molar-refractivity contribution is -0.149. The van der Waals surface area contributed by atoms with Crippen LogP contribution in [-0.4, -0.2) is 43.4 Å². The van der Waals surface area contributed by atoms with Crippen molar-refractivity contribution in [3.63, 3.8) is 0 Å². The molecule has 8 heteroatoms. The number of methoxy groups -OCH3 is 1. The Morgan fingerprint density at radius 1 is 0.719 bits per heavy atom. The third kappa shape index (κ3) is 16.5. The van der Waals surface area contributed by atoms with Gasteiger partial charge in [-0.3, -0.25) is 14.1 Å². The molecule has 7 nitrogen and oxygen atoms in total. The number of unbranched alkanes of at least 4 members (excludes halogenated alkanes) is 10. The summed E-state index contributed by atoms with van der Waals surface area (Å²) in [6.07, 6.45) is 12.7. The molecule has 0 aromatic carbocycles. The van der Waals surface area contributed by atoms with E-state index in [1.54, 1.807) is 0 Å². The highest BCUT2D eigenvalue weighted by atomic mass is 32.2. The van der Waals surface area contributed by atoms with Gasteiger partial charge in [-0.1, -0.05) is 84.5 Å². The van der Waals surface area contributed by atoms with Gasteiger partial charge in [-0.05, 0) is 25.7 Å². The van der Waals surface area contributed by atoms with Crippen molar-refractivity contribution in [2.45, 2.75) is 134 Å². The molecule has 0 radical (unpaired) electrons. The van der Waals surface area contributed by atoms with E-state index in [-0.39, 0.29) is 24.8 Å². The summed E-state index contributed by atoms with van der Waals surface area (Å²) in [6, 6.07) is 0. The molecule has 2 unspecified atom stereocenters. The van der Waals surface area contributed by atoms with E-state index in [4.69, 9.17) is 4.74 Å². The fourth-order valence-corrected chi connectivity index (χ4v) is 4.87. The molecule has 190 valence electrons. The second-order valence-corrected chi connectivity index (χ2v) is 10.3. The zero-order valence-corrected chi connectivity index (χ0v) is 21.3. The minimum atomic E-state index is -4.32. The first-order valence-corrected chi connectivity index (χ1v) is 14.0. The molecule has 0 fully saturated rings. The van der Waals surface area contributed by atoms with Crippen molar-refractivity contribution in [3.8, 4) is 0 Å². The van der Waals surface area contributed by atoms with Crippen LogP contribution in [0.2, 0.25) is 0 Å². The standard InChI is InChI=1S/C24H46O7S/c1-4-6-7-8-9-12-16-20-24(26)31-21(17-5-2)22(32(27,28)29)18-14-11-10-13-15-19-23(25)30-3/h21-22H,4-20H2,1-3H3,(H,27,28,29). The molecule has 0 aromatic heterocycles. The van der Waals surface area contributed by atoms with Crippen LogP contribution in [0.25, 0.3) is 0 Å². The number of ether oxygens (including phenoxy) is 2. The van der Waals surface area contributed by atoms with E-state index in [0.29, 0.717) is 25.7 Å². The fourth-order valence-electron chi connectivity index (χ4n) is 3.83. The molecule has 0 spiro atoms. The predicted octanol–water partition coefficient (Wildman–Crippen LogP) is 6.00. The summed E-state index contributed by atoms with van der Waals surface area (Å²) in [6.45, 7) is 4.08. The van der Waals surface area contributed by atoms with Crippen LogP contribution in [-0.2, 0) is 29.2 Å². The topological polar surface area (TPSA) is 107 Å². The highest BCUT2D eigenvalue weighted by molar-refractivity contribution is 7.86. The zero-order valence-electron chi connectivity index (χ0n) is 20.5. The van der Waals surface area contributed by atoms with Gasteiger partial charge in [-0.15, -0.1) is 0 Å². The number of rotatable bonds is 21. The number of carbonyl (C=O) groups excluding carboxylic acids is 2. The van der Waals surface area contributed by atoms with Crippen molar-refractivity contribution >= 4 is 22.1 Å². The van der Waals surface area contributed by atoms with Crippen LogP contribution in [0, 0.1) is 0 Å². The van der Waals surface area contributed by atoms with E-state index >= 15 is 0 Å². The summed E-state index contributed by atoms with van der Waals surface area (Å²) in [4.78, 5) is 23.4. The summed E-state index contributed by atoms with van der Waals surface area (Å²) in [5, 5.41) is -1.09. The van der Waals surface area contributed by atoms with Crippen LogP contribution in [0.5, 0.6) is 0 Å². The van der Waals surface area contributed by atoms with Crippen molar-refractivity contribution in [3.05, 3.63) is 0 Å². The minimum absolute atomic E-state index is 0.225. The zero-order chi connectivity index (χ0) is 24.2. The molecule has 0 rings (SSSR count). The number of esters is 2. The molecular weight excluding hydrogens is 432 g/mol. The molecular formula is C24H46O7S. The molecule has 0 heterocycles. The lowest BCUT2D eigenvalue weighted by atomic mass is 10.0. The molecule has 1 N–H and O–H groups in total. The van der Waals surface area contributed by atoms with Crippen LogP contribution in [0.15, 0.2) is 0 Å². The summed E-state index contributed by atoms with van der Waals surface area (Å²) >= 11 is 0. The molecule has 0 bridgehead atoms. The van der Waals surface area contributed by atoms with Gasteiger partial charge in [-0.2, -0.15) is 8.42 Å². The third-order valence-corrected chi connectivity index (χ3v) is 7.04. The normalized spacial score (nSPS) is 13.5. The Kier molecular flexibility index (Phi) is 18.6.